The van der Waals surface area contributed by atoms with Crippen LogP contribution in [0.5, 0.6) is 0 Å². The molecule has 1 aliphatic carbocycles. The molecule has 2 rings (SSSR count). The summed E-state index contributed by atoms with van der Waals surface area (Å²) >= 11 is 1.66. The lowest BCUT2D eigenvalue weighted by atomic mass is 9.78. The van der Waals surface area contributed by atoms with Crippen molar-refractivity contribution in [1.82, 2.24) is 5.32 Å². The minimum atomic E-state index is -4.14. The molecule has 1 spiro atoms. The number of halogens is 3. The van der Waals surface area contributed by atoms with E-state index in [0.717, 1.165) is 29.7 Å². The number of hydrogen-bond acceptors (Lipinski definition) is 3. The lowest BCUT2D eigenvalue weighted by molar-refractivity contribution is -0.0327. The van der Waals surface area contributed by atoms with Crippen molar-refractivity contribution in [2.24, 2.45) is 10.9 Å². The SMILES string of the molecule is CC1CCC2(CC1)CSC(=NCCSC(F)(F)F)N2. The second-order valence-electron chi connectivity index (χ2n) is 5.36. The molecule has 2 aliphatic rings. The van der Waals surface area contributed by atoms with E-state index in [1.807, 2.05) is 0 Å². The van der Waals surface area contributed by atoms with Crippen LogP contribution in [-0.2, 0) is 0 Å². The van der Waals surface area contributed by atoms with Crippen molar-refractivity contribution in [1.29, 1.82) is 0 Å². The first-order valence-electron chi connectivity index (χ1n) is 6.55. The molecule has 2 nitrogen and oxygen atoms in total. The lowest BCUT2D eigenvalue weighted by Crippen LogP contribution is -2.46. The first-order valence-corrected chi connectivity index (χ1v) is 8.52. The normalized spacial score (nSPS) is 33.9. The number of alkyl halides is 3. The van der Waals surface area contributed by atoms with Crippen molar-refractivity contribution in [3.63, 3.8) is 0 Å². The van der Waals surface area contributed by atoms with Gasteiger partial charge in [-0.3, -0.25) is 4.99 Å². The van der Waals surface area contributed by atoms with Crippen LogP contribution in [0.15, 0.2) is 4.99 Å². The predicted octanol–water partition coefficient (Wildman–Crippen LogP) is 3.88. The number of rotatable bonds is 3. The number of nitrogens with one attached hydrogen (secondary N) is 1. The van der Waals surface area contributed by atoms with Gasteiger partial charge in [0.2, 0.25) is 0 Å². The molecule has 0 atom stereocenters. The van der Waals surface area contributed by atoms with Crippen LogP contribution in [0.4, 0.5) is 13.2 Å². The van der Waals surface area contributed by atoms with Gasteiger partial charge in [-0.15, -0.1) is 0 Å². The van der Waals surface area contributed by atoms with Crippen LogP contribution in [0, 0.1) is 5.92 Å². The number of nitrogens with zero attached hydrogens (tertiary/aromatic N) is 1. The monoisotopic (exact) mass is 312 g/mol. The van der Waals surface area contributed by atoms with Crippen LogP contribution in [0.25, 0.3) is 0 Å². The molecule has 0 amide bonds. The summed E-state index contributed by atoms with van der Waals surface area (Å²) in [7, 11) is 0. The molecule has 19 heavy (non-hydrogen) atoms. The fraction of sp³-hybridized carbons (Fsp3) is 0.917. The van der Waals surface area contributed by atoms with Crippen molar-refractivity contribution in [2.45, 2.75) is 43.7 Å². The first-order chi connectivity index (χ1) is 8.89. The topological polar surface area (TPSA) is 24.4 Å². The summed E-state index contributed by atoms with van der Waals surface area (Å²) in [6.45, 7) is 2.50. The van der Waals surface area contributed by atoms with Gasteiger partial charge >= 0.3 is 5.51 Å². The molecule has 1 heterocycles. The number of amidine groups is 1. The van der Waals surface area contributed by atoms with E-state index in [4.69, 9.17) is 0 Å². The van der Waals surface area contributed by atoms with Crippen molar-refractivity contribution in [2.75, 3.05) is 18.1 Å². The third-order valence-corrected chi connectivity index (χ3v) is 5.62. The molecule has 0 aromatic carbocycles. The summed E-state index contributed by atoms with van der Waals surface area (Å²) in [4.78, 5) is 4.24. The van der Waals surface area contributed by atoms with E-state index in [-0.39, 0.29) is 29.6 Å². The summed E-state index contributed by atoms with van der Waals surface area (Å²) in [5.74, 6) is 1.80. The quantitative estimate of drug-likeness (QED) is 0.800. The highest BCUT2D eigenvalue weighted by atomic mass is 32.2. The predicted molar refractivity (Wildman–Crippen MR) is 76.8 cm³/mol. The molecule has 0 aromatic rings. The highest BCUT2D eigenvalue weighted by molar-refractivity contribution is 8.14. The maximum atomic E-state index is 12.0. The van der Waals surface area contributed by atoms with Crippen LogP contribution >= 0.6 is 23.5 Å². The molecule has 0 radical (unpaired) electrons. The minimum absolute atomic E-state index is 0.000190. The van der Waals surface area contributed by atoms with Crippen molar-refractivity contribution in [3.8, 4) is 0 Å². The Morgan fingerprint density at radius 2 is 2.11 bits per heavy atom. The van der Waals surface area contributed by atoms with Crippen LogP contribution in [0.2, 0.25) is 0 Å². The van der Waals surface area contributed by atoms with Gasteiger partial charge in [-0.25, -0.2) is 0 Å². The molecular formula is C12H19F3N2S2. The maximum absolute atomic E-state index is 12.0. The molecular weight excluding hydrogens is 293 g/mol. The summed E-state index contributed by atoms with van der Waals surface area (Å²) < 4.78 is 35.9. The van der Waals surface area contributed by atoms with E-state index in [2.05, 4.69) is 17.2 Å². The van der Waals surface area contributed by atoms with Gasteiger partial charge in [0.1, 0.15) is 0 Å². The number of thioether (sulfide) groups is 2. The minimum Gasteiger partial charge on any atom is -0.359 e. The van der Waals surface area contributed by atoms with E-state index in [9.17, 15) is 13.2 Å². The van der Waals surface area contributed by atoms with Crippen LogP contribution < -0.4 is 5.32 Å². The molecule has 1 saturated carbocycles. The van der Waals surface area contributed by atoms with E-state index in [1.54, 1.807) is 11.8 Å². The van der Waals surface area contributed by atoms with Gasteiger partial charge in [-0.2, -0.15) is 13.2 Å². The number of aliphatic imine (C=N–C) groups is 1. The Hall–Kier alpha value is -0.0400. The fourth-order valence-electron chi connectivity index (χ4n) is 2.48. The molecule has 0 aromatic heterocycles. The largest absolute Gasteiger partial charge is 0.441 e. The Balaban J connectivity index is 1.75. The second kappa shape index (κ2) is 6.16. The Morgan fingerprint density at radius 3 is 2.74 bits per heavy atom. The zero-order valence-corrected chi connectivity index (χ0v) is 12.6. The van der Waals surface area contributed by atoms with Crippen molar-refractivity contribution >= 4 is 28.7 Å². The van der Waals surface area contributed by atoms with Crippen molar-refractivity contribution < 1.29 is 13.2 Å². The highest BCUT2D eigenvalue weighted by Gasteiger charge is 2.39. The zero-order chi connectivity index (χ0) is 13.9. The third-order valence-electron chi connectivity index (χ3n) is 3.70. The molecule has 1 saturated heterocycles. The highest BCUT2D eigenvalue weighted by Crippen LogP contribution is 2.38. The zero-order valence-electron chi connectivity index (χ0n) is 10.9. The maximum Gasteiger partial charge on any atom is 0.441 e. The van der Waals surface area contributed by atoms with Crippen LogP contribution in [0.3, 0.4) is 0 Å². The Morgan fingerprint density at radius 1 is 1.42 bits per heavy atom. The van der Waals surface area contributed by atoms with Gasteiger partial charge < -0.3 is 5.32 Å². The smallest absolute Gasteiger partial charge is 0.359 e. The Labute approximate surface area is 120 Å². The van der Waals surface area contributed by atoms with Crippen LogP contribution in [-0.4, -0.2) is 34.3 Å². The van der Waals surface area contributed by atoms with E-state index in [0.29, 0.717) is 0 Å². The standard InChI is InChI=1S/C12H19F3N2S2/c1-9-2-4-11(5-3-9)8-18-10(17-11)16-6-7-19-12(13,14)15/h9H,2-8H2,1H3,(H,16,17). The Kier molecular flexibility index (Phi) is 4.98. The summed E-state index contributed by atoms with van der Waals surface area (Å²) in [6, 6.07) is 0. The van der Waals surface area contributed by atoms with Gasteiger partial charge in [0, 0.05) is 17.0 Å². The van der Waals surface area contributed by atoms with Gasteiger partial charge in [-0.1, -0.05) is 18.7 Å². The van der Waals surface area contributed by atoms with Gasteiger partial charge in [0.25, 0.3) is 0 Å². The summed E-state index contributed by atoms with van der Waals surface area (Å²) in [5.41, 5.74) is -3.98. The first kappa shape index (κ1) is 15.4. The van der Waals surface area contributed by atoms with Crippen LogP contribution in [0.1, 0.15) is 32.6 Å². The molecule has 0 bridgehead atoms. The van der Waals surface area contributed by atoms with E-state index < -0.39 is 5.51 Å². The number of hydrogen-bond donors (Lipinski definition) is 1. The van der Waals surface area contributed by atoms with E-state index >= 15 is 0 Å². The Bertz CT molecular complexity index is 336. The fourth-order valence-corrected chi connectivity index (χ4v) is 4.14. The lowest BCUT2D eigenvalue weighted by Gasteiger charge is -2.35. The average Bonchev–Trinajstić information content (AvgIpc) is 2.72. The average molecular weight is 312 g/mol. The van der Waals surface area contributed by atoms with Gasteiger partial charge in [0.05, 0.1) is 6.54 Å². The molecule has 1 aliphatic heterocycles. The molecule has 7 heteroatoms. The molecule has 2 fully saturated rings. The molecule has 1 N–H and O–H groups in total. The summed E-state index contributed by atoms with van der Waals surface area (Å²) in [5, 5.41) is 4.28. The van der Waals surface area contributed by atoms with Crippen molar-refractivity contribution in [3.05, 3.63) is 0 Å². The van der Waals surface area contributed by atoms with E-state index in [1.165, 1.54) is 12.8 Å². The molecule has 0 unspecified atom stereocenters. The second-order valence-corrected chi connectivity index (χ2v) is 7.48. The van der Waals surface area contributed by atoms with Gasteiger partial charge in [0.15, 0.2) is 5.17 Å². The summed E-state index contributed by atoms with van der Waals surface area (Å²) in [6.07, 6.45) is 4.75. The third kappa shape index (κ3) is 4.77. The van der Waals surface area contributed by atoms with Gasteiger partial charge in [-0.05, 0) is 43.4 Å². The molecule has 110 valence electrons.